The summed E-state index contributed by atoms with van der Waals surface area (Å²) in [7, 11) is 0. The van der Waals surface area contributed by atoms with Crippen LogP contribution in [0.1, 0.15) is 0 Å². The van der Waals surface area contributed by atoms with Gasteiger partial charge in [-0.1, -0.05) is 90.3 Å². The van der Waals surface area contributed by atoms with Crippen LogP contribution >= 0.6 is 23.5 Å². The molecule has 0 radical (unpaired) electrons. The summed E-state index contributed by atoms with van der Waals surface area (Å²) in [6, 6.07) is 36.7. The molecule has 11 rings (SSSR count). The summed E-state index contributed by atoms with van der Waals surface area (Å²) in [6.45, 7) is 0.345. The highest BCUT2D eigenvalue weighted by Gasteiger charge is 2.46. The quantitative estimate of drug-likeness (QED) is 0.225. The second-order valence-corrected chi connectivity index (χ2v) is 13.4. The molecule has 0 unspecified atom stereocenters. The Morgan fingerprint density at radius 2 is 1.15 bits per heavy atom. The molecule has 0 amide bonds. The third-order valence-electron chi connectivity index (χ3n) is 9.47. The largest absolute Gasteiger partial charge is 0.382 e. The van der Waals surface area contributed by atoms with Crippen molar-refractivity contribution in [2.75, 3.05) is 0 Å². The number of benzene rings is 5. The molecule has 2 nitrogen and oxygen atoms in total. The lowest BCUT2D eigenvalue weighted by atomic mass is 9.43. The fraction of sp³-hybridized carbons (Fsp3) is 0. The van der Waals surface area contributed by atoms with Crippen LogP contribution in [0.5, 0.6) is 0 Å². The highest BCUT2D eigenvalue weighted by molar-refractivity contribution is 8.01. The van der Waals surface area contributed by atoms with Crippen LogP contribution in [0, 0.1) is 0 Å². The molecule has 6 heteroatoms. The summed E-state index contributed by atoms with van der Waals surface area (Å²) in [5, 5.41) is 2.64. The molecule has 7 aromatic rings. The van der Waals surface area contributed by atoms with Gasteiger partial charge in [-0.3, -0.25) is 0 Å². The number of para-hydroxylation sites is 2. The van der Waals surface area contributed by atoms with E-state index in [-0.39, 0.29) is 13.7 Å². The van der Waals surface area contributed by atoms with Gasteiger partial charge in [-0.05, 0) is 86.5 Å². The zero-order valence-corrected chi connectivity index (χ0v) is 22.9. The third-order valence-corrected chi connectivity index (χ3v) is 11.8. The highest BCUT2D eigenvalue weighted by atomic mass is 32.2. The van der Waals surface area contributed by atoms with Gasteiger partial charge in [0.15, 0.2) is 0 Å². The number of nitrogens with zero attached hydrogens (tertiary/aromatic N) is 2. The van der Waals surface area contributed by atoms with Crippen LogP contribution < -0.4 is 21.9 Å². The molecule has 40 heavy (non-hydrogen) atoms. The van der Waals surface area contributed by atoms with Crippen LogP contribution in [0.15, 0.2) is 129 Å². The predicted molar refractivity (Wildman–Crippen MR) is 170 cm³/mol. The molecule has 5 aromatic carbocycles. The van der Waals surface area contributed by atoms with Gasteiger partial charge in [0.05, 0.1) is 0 Å². The zero-order chi connectivity index (χ0) is 25.7. The Morgan fingerprint density at radius 3 is 1.98 bits per heavy atom. The van der Waals surface area contributed by atoms with Gasteiger partial charge in [-0.15, -0.1) is 0 Å². The minimum absolute atomic E-state index is 0.162. The Balaban J connectivity index is 1.31. The smallest absolute Gasteiger partial charge is 0.331 e. The van der Waals surface area contributed by atoms with E-state index in [1.807, 2.05) is 23.5 Å². The minimum Gasteiger partial charge on any atom is -0.382 e. The van der Waals surface area contributed by atoms with E-state index in [2.05, 4.69) is 118 Å². The molecule has 0 bridgehead atoms. The summed E-state index contributed by atoms with van der Waals surface area (Å²) < 4.78 is 5.11. The van der Waals surface area contributed by atoms with E-state index in [4.69, 9.17) is 0 Å². The van der Waals surface area contributed by atoms with Crippen LogP contribution in [0.2, 0.25) is 0 Å². The van der Waals surface area contributed by atoms with Gasteiger partial charge < -0.3 is 8.96 Å². The molecule has 182 valence electrons. The molecule has 0 spiro atoms. The molecule has 4 aliphatic heterocycles. The lowest BCUT2D eigenvalue weighted by Gasteiger charge is -2.39. The Bertz CT molecular complexity index is 2310. The summed E-state index contributed by atoms with van der Waals surface area (Å²) in [5.41, 5.74) is 14.0. The molecule has 0 saturated carbocycles. The Morgan fingerprint density at radius 1 is 0.475 bits per heavy atom. The van der Waals surface area contributed by atoms with E-state index >= 15 is 0 Å². The molecule has 0 atom stereocenters. The van der Waals surface area contributed by atoms with Crippen LogP contribution in [0.25, 0.3) is 44.1 Å². The van der Waals surface area contributed by atoms with E-state index < -0.39 is 0 Å². The van der Waals surface area contributed by atoms with Crippen molar-refractivity contribution in [3.63, 3.8) is 0 Å². The van der Waals surface area contributed by atoms with E-state index in [1.165, 1.54) is 85.5 Å². The summed E-state index contributed by atoms with van der Waals surface area (Å²) in [5.74, 6) is 0. The summed E-state index contributed by atoms with van der Waals surface area (Å²) >= 11 is 3.95. The topological polar surface area (TPSA) is 9.86 Å². The summed E-state index contributed by atoms with van der Waals surface area (Å²) in [4.78, 5) is 5.60. The molecule has 0 fully saturated rings. The maximum atomic E-state index is 2.57. The van der Waals surface area contributed by atoms with Gasteiger partial charge in [0.25, 0.3) is 0 Å². The molecular formula is C34H18B2N2S2. The first-order chi connectivity index (χ1) is 19.8. The second kappa shape index (κ2) is 7.01. The van der Waals surface area contributed by atoms with Gasteiger partial charge in [-0.2, -0.15) is 0 Å². The fourth-order valence-corrected chi connectivity index (χ4v) is 10.6. The Kier molecular flexibility index (Phi) is 3.65. The van der Waals surface area contributed by atoms with Crippen molar-refractivity contribution in [1.29, 1.82) is 0 Å². The second-order valence-electron chi connectivity index (χ2n) is 11.3. The fourth-order valence-electron chi connectivity index (χ4n) is 7.96. The minimum atomic E-state index is 0.162. The average molecular weight is 540 g/mol. The zero-order valence-electron chi connectivity index (χ0n) is 21.3. The number of fused-ring (bicyclic) bond motifs is 9. The maximum absolute atomic E-state index is 2.57. The van der Waals surface area contributed by atoms with Crippen molar-refractivity contribution in [1.82, 2.24) is 8.96 Å². The van der Waals surface area contributed by atoms with Gasteiger partial charge in [-0.25, -0.2) is 0 Å². The van der Waals surface area contributed by atoms with E-state index in [1.54, 1.807) is 0 Å². The first kappa shape index (κ1) is 20.8. The van der Waals surface area contributed by atoms with E-state index in [9.17, 15) is 0 Å². The van der Waals surface area contributed by atoms with E-state index in [0.29, 0.717) is 0 Å². The van der Waals surface area contributed by atoms with Crippen LogP contribution in [0.3, 0.4) is 0 Å². The Hall–Kier alpha value is -3.99. The molecule has 2 aromatic heterocycles. The van der Waals surface area contributed by atoms with Gasteiger partial charge in [0.2, 0.25) is 0 Å². The molecule has 0 aliphatic carbocycles. The SMILES string of the molecule is c1ccc2c(c1)Sc1c3c(cc4c1B2n1ccc2cccc-4c21)Sc1cccc2c1B3n1ccc3cccc-2c31. The number of hydrogen-bond acceptors (Lipinski definition) is 2. The van der Waals surface area contributed by atoms with E-state index in [0.717, 1.165) is 0 Å². The number of hydrogen-bond donors (Lipinski definition) is 0. The van der Waals surface area contributed by atoms with Crippen molar-refractivity contribution < 1.29 is 0 Å². The molecular weight excluding hydrogens is 522 g/mol. The van der Waals surface area contributed by atoms with Gasteiger partial charge in [0, 0.05) is 41.7 Å². The average Bonchev–Trinajstić information content (AvgIpc) is 3.63. The third kappa shape index (κ3) is 2.30. The highest BCUT2D eigenvalue weighted by Crippen LogP contribution is 2.45. The number of aromatic nitrogens is 2. The lowest BCUT2D eigenvalue weighted by Crippen LogP contribution is -2.60. The molecule has 6 heterocycles. The molecule has 4 aliphatic rings. The van der Waals surface area contributed by atoms with Crippen molar-refractivity contribution in [3.8, 4) is 22.3 Å². The maximum Gasteiger partial charge on any atom is 0.331 e. The lowest BCUT2D eigenvalue weighted by molar-refractivity contribution is 1.21. The van der Waals surface area contributed by atoms with Crippen LogP contribution in [0.4, 0.5) is 0 Å². The van der Waals surface area contributed by atoms with Crippen molar-refractivity contribution in [3.05, 3.63) is 109 Å². The number of rotatable bonds is 0. The van der Waals surface area contributed by atoms with Crippen molar-refractivity contribution in [2.24, 2.45) is 0 Å². The van der Waals surface area contributed by atoms with Gasteiger partial charge >= 0.3 is 13.7 Å². The molecule has 0 N–H and O–H groups in total. The summed E-state index contributed by atoms with van der Waals surface area (Å²) in [6.07, 6.45) is 4.64. The van der Waals surface area contributed by atoms with Crippen molar-refractivity contribution in [2.45, 2.75) is 19.6 Å². The monoisotopic (exact) mass is 540 g/mol. The predicted octanol–water partition coefficient (Wildman–Crippen LogP) is 5.79. The normalized spacial score (nSPS) is 14.7. The molecule has 0 saturated heterocycles. The van der Waals surface area contributed by atoms with Crippen LogP contribution in [-0.2, 0) is 0 Å². The first-order valence-electron chi connectivity index (χ1n) is 13.8. The first-order valence-corrected chi connectivity index (χ1v) is 15.5. The Labute approximate surface area is 240 Å². The van der Waals surface area contributed by atoms with Gasteiger partial charge in [0.1, 0.15) is 0 Å². The standard InChI is InChI=1S/C34H18B2N2S2/c1-2-12-26-25(11-1)35-30-24(23-10-4-7-20-14-16-37(35)33(20)23)18-28-31(34(30)40-26)36-29-21(8-5-13-27(29)39-28)22-9-3-6-19-15-17-38(36)32(19)22/h1-18H. The van der Waals surface area contributed by atoms with Crippen LogP contribution in [-0.4, -0.2) is 22.7 Å². The van der Waals surface area contributed by atoms with Crippen molar-refractivity contribution >= 4 is 80.9 Å².